The van der Waals surface area contributed by atoms with Gasteiger partial charge in [0.25, 0.3) is 0 Å². The molecular weight excluding hydrogens is 351 g/mol. The Bertz CT molecular complexity index is 916. The van der Waals surface area contributed by atoms with E-state index in [1.165, 1.54) is 25.3 Å². The fourth-order valence-corrected chi connectivity index (χ4v) is 5.05. The van der Waals surface area contributed by atoms with Crippen LogP contribution >= 0.6 is 0 Å². The van der Waals surface area contributed by atoms with Crippen molar-refractivity contribution >= 4 is 0 Å². The molecule has 4 fully saturated rings. The van der Waals surface area contributed by atoms with Crippen molar-refractivity contribution in [2.24, 2.45) is 11.8 Å². The number of aromatic nitrogens is 2. The highest BCUT2D eigenvalue weighted by Crippen LogP contribution is 2.51. The number of hydrogen-bond donors (Lipinski definition) is 0. The van der Waals surface area contributed by atoms with E-state index in [9.17, 15) is 4.39 Å². The van der Waals surface area contributed by atoms with Gasteiger partial charge in [-0.05, 0) is 55.4 Å². The quantitative estimate of drug-likeness (QED) is 0.800. The number of piperazine rings is 1. The Hall–Kier alpha value is -2.69. The van der Waals surface area contributed by atoms with Crippen LogP contribution in [0.1, 0.15) is 25.0 Å². The second kappa shape index (κ2) is 6.73. The molecule has 0 spiro atoms. The van der Waals surface area contributed by atoms with Crippen molar-refractivity contribution in [3.8, 4) is 11.3 Å². The summed E-state index contributed by atoms with van der Waals surface area (Å²) in [6.45, 7) is 11.2. The summed E-state index contributed by atoms with van der Waals surface area (Å²) in [5, 5.41) is 8.56. The Morgan fingerprint density at radius 1 is 0.964 bits per heavy atom. The minimum absolute atomic E-state index is 0.282. The standard InChI is InChI=1S/C23H25FN4/c1-15-16(2)28(23-13-17-11-18(23)12-17)10-9-27(15)14-19-7-8-22(26-25-19)20-5-3-4-6-21(20)24/h3-8,17-18,23H,1-2,9-14H2. The number of halogens is 1. The van der Waals surface area contributed by atoms with Gasteiger partial charge in [0.15, 0.2) is 0 Å². The Labute approximate surface area is 165 Å². The smallest absolute Gasteiger partial charge is 0.132 e. The predicted octanol–water partition coefficient (Wildman–Crippen LogP) is 4.23. The van der Waals surface area contributed by atoms with E-state index in [1.54, 1.807) is 18.2 Å². The summed E-state index contributed by atoms with van der Waals surface area (Å²) in [7, 11) is 0. The van der Waals surface area contributed by atoms with E-state index in [0.717, 1.165) is 42.0 Å². The topological polar surface area (TPSA) is 32.3 Å². The number of benzene rings is 1. The van der Waals surface area contributed by atoms with Crippen molar-refractivity contribution < 1.29 is 4.39 Å². The van der Waals surface area contributed by atoms with E-state index in [2.05, 4.69) is 33.2 Å². The van der Waals surface area contributed by atoms with Gasteiger partial charge in [0.2, 0.25) is 0 Å². The minimum atomic E-state index is -0.282. The maximum absolute atomic E-state index is 13.9. The molecule has 0 radical (unpaired) electrons. The maximum atomic E-state index is 13.9. The highest BCUT2D eigenvalue weighted by Gasteiger charge is 2.47. The Balaban J connectivity index is 1.26. The summed E-state index contributed by atoms with van der Waals surface area (Å²) in [6.07, 6.45) is 4.11. The molecule has 5 heteroatoms. The lowest BCUT2D eigenvalue weighted by Gasteiger charge is -2.44. The van der Waals surface area contributed by atoms with Gasteiger partial charge in [-0.3, -0.25) is 0 Å². The monoisotopic (exact) mass is 376 g/mol. The zero-order valence-electron chi connectivity index (χ0n) is 16.0. The fourth-order valence-electron chi connectivity index (χ4n) is 5.05. The zero-order valence-corrected chi connectivity index (χ0v) is 16.0. The molecule has 2 bridgehead atoms. The number of fused-ring (bicyclic) bond motifs is 1. The molecule has 0 N–H and O–H groups in total. The van der Waals surface area contributed by atoms with Crippen LogP contribution in [-0.2, 0) is 6.54 Å². The van der Waals surface area contributed by atoms with Crippen molar-refractivity contribution in [3.05, 3.63) is 72.5 Å². The molecule has 1 aromatic carbocycles. The van der Waals surface area contributed by atoms with Gasteiger partial charge in [0.1, 0.15) is 5.82 Å². The SMILES string of the molecule is C=C1C(=C)N(C2CC3CC2C3)CCN1Cc1ccc(-c2ccccc2F)nn1. The van der Waals surface area contributed by atoms with Gasteiger partial charge in [-0.15, -0.1) is 0 Å². The van der Waals surface area contributed by atoms with Crippen LogP contribution in [0.4, 0.5) is 4.39 Å². The average molecular weight is 376 g/mol. The van der Waals surface area contributed by atoms with Gasteiger partial charge in [-0.25, -0.2) is 4.39 Å². The van der Waals surface area contributed by atoms with Crippen molar-refractivity contribution in [3.63, 3.8) is 0 Å². The van der Waals surface area contributed by atoms with E-state index < -0.39 is 0 Å². The zero-order chi connectivity index (χ0) is 19.3. The van der Waals surface area contributed by atoms with Crippen LogP contribution in [0.25, 0.3) is 11.3 Å². The van der Waals surface area contributed by atoms with E-state index in [1.807, 2.05) is 12.1 Å². The summed E-state index contributed by atoms with van der Waals surface area (Å²) in [5.41, 5.74) is 3.92. The molecule has 1 unspecified atom stereocenters. The van der Waals surface area contributed by atoms with Gasteiger partial charge in [-0.2, -0.15) is 10.2 Å². The normalized spacial score (nSPS) is 26.5. The molecule has 1 aromatic heterocycles. The molecule has 2 heterocycles. The van der Waals surface area contributed by atoms with Crippen molar-refractivity contribution in [2.45, 2.75) is 31.8 Å². The third kappa shape index (κ3) is 2.89. The van der Waals surface area contributed by atoms with Gasteiger partial charge in [-0.1, -0.05) is 25.3 Å². The molecular formula is C23H25FN4. The molecule has 0 amide bonds. The second-order valence-corrected chi connectivity index (χ2v) is 8.30. The molecule has 4 nitrogen and oxygen atoms in total. The first-order valence-corrected chi connectivity index (χ1v) is 10.1. The molecule has 3 saturated carbocycles. The number of rotatable bonds is 4. The fraction of sp³-hybridized carbons (Fsp3) is 0.391. The lowest BCUT2D eigenvalue weighted by Crippen LogP contribution is -2.47. The van der Waals surface area contributed by atoms with Gasteiger partial charge < -0.3 is 9.80 Å². The lowest BCUT2D eigenvalue weighted by molar-refractivity contribution is 0.145. The third-order valence-electron chi connectivity index (χ3n) is 6.69. The van der Waals surface area contributed by atoms with E-state index >= 15 is 0 Å². The largest absolute Gasteiger partial charge is 0.365 e. The molecule has 1 atom stereocenters. The van der Waals surface area contributed by atoms with Crippen molar-refractivity contribution in [2.75, 3.05) is 13.1 Å². The van der Waals surface area contributed by atoms with Crippen molar-refractivity contribution in [1.29, 1.82) is 0 Å². The highest BCUT2D eigenvalue weighted by atomic mass is 19.1. The highest BCUT2D eigenvalue weighted by molar-refractivity contribution is 5.59. The Morgan fingerprint density at radius 3 is 2.46 bits per heavy atom. The summed E-state index contributed by atoms with van der Waals surface area (Å²) >= 11 is 0. The summed E-state index contributed by atoms with van der Waals surface area (Å²) < 4.78 is 13.9. The Morgan fingerprint density at radius 2 is 1.79 bits per heavy atom. The molecule has 1 saturated heterocycles. The van der Waals surface area contributed by atoms with E-state index in [4.69, 9.17) is 0 Å². The van der Waals surface area contributed by atoms with Crippen LogP contribution in [0.3, 0.4) is 0 Å². The Kier molecular flexibility index (Phi) is 4.18. The molecule has 144 valence electrons. The molecule has 4 aliphatic rings. The molecule has 3 aliphatic carbocycles. The number of hydrogen-bond acceptors (Lipinski definition) is 4. The van der Waals surface area contributed by atoms with Gasteiger partial charge in [0, 0.05) is 24.7 Å². The van der Waals surface area contributed by atoms with Crippen LogP contribution in [0, 0.1) is 17.7 Å². The molecule has 28 heavy (non-hydrogen) atoms. The van der Waals surface area contributed by atoms with E-state index in [0.29, 0.717) is 23.8 Å². The van der Waals surface area contributed by atoms with Crippen molar-refractivity contribution in [1.82, 2.24) is 20.0 Å². The summed E-state index contributed by atoms with van der Waals surface area (Å²) in [6, 6.07) is 11.1. The molecule has 2 aromatic rings. The van der Waals surface area contributed by atoms with Gasteiger partial charge >= 0.3 is 0 Å². The van der Waals surface area contributed by atoms with Crippen LogP contribution < -0.4 is 0 Å². The first-order valence-electron chi connectivity index (χ1n) is 10.1. The second-order valence-electron chi connectivity index (χ2n) is 8.30. The molecule has 1 aliphatic heterocycles. The summed E-state index contributed by atoms with van der Waals surface area (Å²) in [4.78, 5) is 4.72. The number of nitrogens with zero attached hydrogens (tertiary/aromatic N) is 4. The minimum Gasteiger partial charge on any atom is -0.365 e. The first-order chi connectivity index (χ1) is 13.6. The van der Waals surface area contributed by atoms with Crippen LogP contribution in [0.2, 0.25) is 0 Å². The van der Waals surface area contributed by atoms with Crippen LogP contribution in [-0.4, -0.2) is 39.1 Å². The van der Waals surface area contributed by atoms with Crippen LogP contribution in [0.15, 0.2) is 61.0 Å². The predicted molar refractivity (Wildman–Crippen MR) is 107 cm³/mol. The summed E-state index contributed by atoms with van der Waals surface area (Å²) in [5.74, 6) is 1.52. The average Bonchev–Trinajstić information content (AvgIpc) is 3.28. The third-order valence-corrected chi connectivity index (χ3v) is 6.69. The lowest BCUT2D eigenvalue weighted by atomic mass is 9.83. The molecule has 6 rings (SSSR count). The van der Waals surface area contributed by atoms with Crippen LogP contribution in [0.5, 0.6) is 0 Å². The first kappa shape index (κ1) is 17.4. The van der Waals surface area contributed by atoms with E-state index in [-0.39, 0.29) is 5.82 Å². The van der Waals surface area contributed by atoms with Gasteiger partial charge in [0.05, 0.1) is 29.3 Å². The maximum Gasteiger partial charge on any atom is 0.132 e.